The van der Waals surface area contributed by atoms with Crippen molar-refractivity contribution in [2.45, 2.75) is 64.3 Å². The molecule has 20 heavy (non-hydrogen) atoms. The highest BCUT2D eigenvalue weighted by Crippen LogP contribution is 2.39. The summed E-state index contributed by atoms with van der Waals surface area (Å²) in [6, 6.07) is 0.680. The highest BCUT2D eigenvalue weighted by Gasteiger charge is 2.34. The van der Waals surface area contributed by atoms with E-state index < -0.39 is 0 Å². The molecule has 1 saturated carbocycles. The van der Waals surface area contributed by atoms with E-state index in [9.17, 15) is 0 Å². The molecule has 4 heteroatoms. The molecule has 3 rings (SSSR count). The summed E-state index contributed by atoms with van der Waals surface area (Å²) in [5.41, 5.74) is 1.16. The molecule has 0 amide bonds. The number of halogens is 1. The van der Waals surface area contributed by atoms with Crippen molar-refractivity contribution in [1.82, 2.24) is 9.97 Å². The number of aromatic nitrogens is 2. The first-order chi connectivity index (χ1) is 9.81. The van der Waals surface area contributed by atoms with Crippen LogP contribution in [0.5, 0.6) is 0 Å². The van der Waals surface area contributed by atoms with Gasteiger partial charge in [0.1, 0.15) is 17.3 Å². The van der Waals surface area contributed by atoms with Crippen LogP contribution in [0.4, 0.5) is 5.82 Å². The Morgan fingerprint density at radius 1 is 1.20 bits per heavy atom. The van der Waals surface area contributed by atoms with Gasteiger partial charge >= 0.3 is 0 Å². The van der Waals surface area contributed by atoms with Crippen LogP contribution in [-0.4, -0.2) is 22.6 Å². The fourth-order valence-corrected chi connectivity index (χ4v) is 4.21. The molecule has 1 aliphatic heterocycles. The van der Waals surface area contributed by atoms with Gasteiger partial charge in [-0.05, 0) is 38.0 Å². The maximum absolute atomic E-state index is 6.32. The second kappa shape index (κ2) is 6.30. The summed E-state index contributed by atoms with van der Waals surface area (Å²) in [6.07, 6.45) is 11.8. The molecule has 110 valence electrons. The first-order valence-electron chi connectivity index (χ1n) is 8.07. The van der Waals surface area contributed by atoms with Crippen LogP contribution in [0.1, 0.15) is 57.4 Å². The first-order valence-corrected chi connectivity index (χ1v) is 8.45. The molecular weight excluding hydrogens is 270 g/mol. The quantitative estimate of drug-likeness (QED) is 0.781. The summed E-state index contributed by atoms with van der Waals surface area (Å²) in [5, 5.41) is 0.648. The maximum Gasteiger partial charge on any atom is 0.137 e. The minimum atomic E-state index is 0.648. The third kappa shape index (κ3) is 2.65. The fourth-order valence-electron chi connectivity index (χ4n) is 3.98. The number of nitrogens with zero attached hydrogens (tertiary/aromatic N) is 3. The first kappa shape index (κ1) is 14.1. The molecule has 3 nitrogen and oxygen atoms in total. The molecule has 0 radical (unpaired) electrons. The van der Waals surface area contributed by atoms with Gasteiger partial charge in [-0.1, -0.05) is 37.8 Å². The molecule has 2 aliphatic rings. The average Bonchev–Trinajstić information content (AvgIpc) is 2.49. The Hall–Kier alpha value is -0.830. The third-order valence-electron chi connectivity index (χ3n) is 4.89. The van der Waals surface area contributed by atoms with Gasteiger partial charge in [-0.25, -0.2) is 9.97 Å². The van der Waals surface area contributed by atoms with E-state index in [1.54, 1.807) is 6.33 Å². The fraction of sp³-hybridized carbons (Fsp3) is 0.750. The number of hydrogen-bond donors (Lipinski definition) is 0. The molecule has 0 N–H and O–H groups in total. The summed E-state index contributed by atoms with van der Waals surface area (Å²) in [7, 11) is 0. The largest absolute Gasteiger partial charge is 0.353 e. The van der Waals surface area contributed by atoms with Crippen molar-refractivity contribution in [3.05, 3.63) is 17.0 Å². The molecule has 0 bridgehead atoms. The van der Waals surface area contributed by atoms with E-state index in [2.05, 4.69) is 21.8 Å². The van der Waals surface area contributed by atoms with Gasteiger partial charge in [-0.15, -0.1) is 0 Å². The van der Waals surface area contributed by atoms with E-state index in [4.69, 9.17) is 11.6 Å². The Labute approximate surface area is 126 Å². The molecule has 1 aromatic rings. The molecule has 1 aliphatic carbocycles. The van der Waals surface area contributed by atoms with Gasteiger partial charge in [-0.3, -0.25) is 0 Å². The normalized spacial score (nSPS) is 26.4. The monoisotopic (exact) mass is 293 g/mol. The van der Waals surface area contributed by atoms with Crippen LogP contribution in [0.15, 0.2) is 6.33 Å². The topological polar surface area (TPSA) is 29.0 Å². The highest BCUT2D eigenvalue weighted by atomic mass is 35.5. The Balaban J connectivity index is 1.92. The lowest BCUT2D eigenvalue weighted by Crippen LogP contribution is -2.47. The summed E-state index contributed by atoms with van der Waals surface area (Å²) >= 11 is 6.32. The standard InChI is InChI=1S/C16H24ClN3/c1-2-6-13-15(17)18-11-19-16(13)20-10-5-8-12-7-3-4-9-14(12)20/h11-12,14H,2-10H2,1H3/t12-,14-/m1/s1. The van der Waals surface area contributed by atoms with Crippen LogP contribution in [-0.2, 0) is 6.42 Å². The second-order valence-electron chi connectivity index (χ2n) is 6.16. The van der Waals surface area contributed by atoms with Crippen molar-refractivity contribution in [3.63, 3.8) is 0 Å². The maximum atomic E-state index is 6.32. The molecule has 2 fully saturated rings. The predicted molar refractivity (Wildman–Crippen MR) is 83.4 cm³/mol. The van der Waals surface area contributed by atoms with Crippen LogP contribution >= 0.6 is 11.6 Å². The van der Waals surface area contributed by atoms with E-state index in [1.807, 2.05) is 0 Å². The molecule has 1 aromatic heterocycles. The van der Waals surface area contributed by atoms with Crippen molar-refractivity contribution in [2.75, 3.05) is 11.4 Å². The van der Waals surface area contributed by atoms with E-state index in [1.165, 1.54) is 38.5 Å². The van der Waals surface area contributed by atoms with Gasteiger partial charge in [0, 0.05) is 18.2 Å². The number of piperidine rings is 1. The van der Waals surface area contributed by atoms with Gasteiger partial charge < -0.3 is 4.90 Å². The molecule has 0 aromatic carbocycles. The van der Waals surface area contributed by atoms with Gasteiger partial charge in [-0.2, -0.15) is 0 Å². The van der Waals surface area contributed by atoms with Crippen LogP contribution in [0.3, 0.4) is 0 Å². The van der Waals surface area contributed by atoms with Crippen LogP contribution in [0, 0.1) is 5.92 Å². The van der Waals surface area contributed by atoms with E-state index in [0.717, 1.165) is 36.7 Å². The Kier molecular flexibility index (Phi) is 4.45. The summed E-state index contributed by atoms with van der Waals surface area (Å²) in [4.78, 5) is 11.3. The smallest absolute Gasteiger partial charge is 0.137 e. The number of anilines is 1. The lowest BCUT2D eigenvalue weighted by atomic mass is 9.78. The number of rotatable bonds is 3. The predicted octanol–water partition coefficient (Wildman–Crippen LogP) is 4.24. The van der Waals surface area contributed by atoms with Crippen molar-refractivity contribution in [3.8, 4) is 0 Å². The van der Waals surface area contributed by atoms with Crippen molar-refractivity contribution in [1.29, 1.82) is 0 Å². The number of fused-ring (bicyclic) bond motifs is 1. The van der Waals surface area contributed by atoms with E-state index >= 15 is 0 Å². The Morgan fingerprint density at radius 3 is 2.85 bits per heavy atom. The zero-order chi connectivity index (χ0) is 13.9. The summed E-state index contributed by atoms with van der Waals surface area (Å²) in [5.74, 6) is 1.98. The van der Waals surface area contributed by atoms with Gasteiger partial charge in [0.15, 0.2) is 0 Å². The second-order valence-corrected chi connectivity index (χ2v) is 6.52. The van der Waals surface area contributed by atoms with Crippen LogP contribution in [0.25, 0.3) is 0 Å². The van der Waals surface area contributed by atoms with Gasteiger partial charge in [0.2, 0.25) is 0 Å². The van der Waals surface area contributed by atoms with E-state index in [-0.39, 0.29) is 0 Å². The lowest BCUT2D eigenvalue weighted by Gasteiger charge is -2.45. The third-order valence-corrected chi connectivity index (χ3v) is 5.21. The highest BCUT2D eigenvalue weighted by molar-refractivity contribution is 6.30. The average molecular weight is 294 g/mol. The molecule has 2 atom stereocenters. The lowest BCUT2D eigenvalue weighted by molar-refractivity contribution is 0.242. The van der Waals surface area contributed by atoms with Crippen molar-refractivity contribution >= 4 is 17.4 Å². The molecule has 2 heterocycles. The molecule has 1 saturated heterocycles. The Bertz CT molecular complexity index is 461. The zero-order valence-electron chi connectivity index (χ0n) is 12.3. The molecular formula is C16H24ClN3. The number of hydrogen-bond acceptors (Lipinski definition) is 3. The molecule has 0 unspecified atom stereocenters. The minimum Gasteiger partial charge on any atom is -0.353 e. The van der Waals surface area contributed by atoms with Crippen LogP contribution in [0.2, 0.25) is 5.15 Å². The van der Waals surface area contributed by atoms with Crippen LogP contribution < -0.4 is 4.90 Å². The van der Waals surface area contributed by atoms with E-state index in [0.29, 0.717) is 11.2 Å². The Morgan fingerprint density at radius 2 is 2.00 bits per heavy atom. The molecule has 0 spiro atoms. The van der Waals surface area contributed by atoms with Gasteiger partial charge in [0.05, 0.1) is 0 Å². The zero-order valence-corrected chi connectivity index (χ0v) is 13.1. The van der Waals surface area contributed by atoms with Gasteiger partial charge in [0.25, 0.3) is 0 Å². The van der Waals surface area contributed by atoms with Crippen molar-refractivity contribution in [2.24, 2.45) is 5.92 Å². The minimum absolute atomic E-state index is 0.648. The van der Waals surface area contributed by atoms with Crippen molar-refractivity contribution < 1.29 is 0 Å². The SMILES string of the molecule is CCCc1c(Cl)ncnc1N1CCC[C@H]2CCCC[C@H]21. The summed E-state index contributed by atoms with van der Waals surface area (Å²) < 4.78 is 0. The summed E-state index contributed by atoms with van der Waals surface area (Å²) in [6.45, 7) is 3.32.